The predicted octanol–water partition coefficient (Wildman–Crippen LogP) is 3.30. The fraction of sp³-hybridized carbons (Fsp3) is 0.474. The maximum absolute atomic E-state index is 5.35. The molecule has 0 aliphatic rings. The number of hydrogen-bond acceptors (Lipinski definition) is 6. The number of methoxy groups -OCH3 is 2. The van der Waals surface area contributed by atoms with E-state index >= 15 is 0 Å². The van der Waals surface area contributed by atoms with E-state index in [2.05, 4.69) is 34.0 Å². The first-order valence-corrected chi connectivity index (χ1v) is 8.66. The maximum Gasteiger partial charge on any atom is 0.224 e. The van der Waals surface area contributed by atoms with Crippen LogP contribution in [0.3, 0.4) is 0 Å². The van der Waals surface area contributed by atoms with Crippen LogP contribution in [0, 0.1) is 6.92 Å². The van der Waals surface area contributed by atoms with E-state index in [-0.39, 0.29) is 0 Å². The normalized spacial score (nSPS) is 10.4. The molecule has 0 unspecified atom stereocenters. The summed E-state index contributed by atoms with van der Waals surface area (Å²) in [6, 6.07) is 7.99. The third-order valence-electron chi connectivity index (χ3n) is 4.07. The molecule has 1 N–H and O–H groups in total. The molecule has 1 aromatic heterocycles. The number of aryl methyl sites for hydroxylation is 1. The van der Waals surface area contributed by atoms with E-state index in [1.165, 1.54) is 5.56 Å². The second-order valence-corrected chi connectivity index (χ2v) is 5.73. The molecule has 0 saturated carbocycles. The van der Waals surface area contributed by atoms with Gasteiger partial charge in [-0.3, -0.25) is 0 Å². The molecular formula is C19H28N4O2. The van der Waals surface area contributed by atoms with Gasteiger partial charge in [0, 0.05) is 31.4 Å². The smallest absolute Gasteiger partial charge is 0.224 e. The van der Waals surface area contributed by atoms with Gasteiger partial charge in [0.15, 0.2) is 11.5 Å². The summed E-state index contributed by atoms with van der Waals surface area (Å²) in [5.74, 6) is 3.12. The average Bonchev–Trinajstić information content (AvgIpc) is 2.62. The van der Waals surface area contributed by atoms with Crippen molar-refractivity contribution in [3.63, 3.8) is 0 Å². The molecule has 0 radical (unpaired) electrons. The molecule has 2 aromatic rings. The molecule has 0 bridgehead atoms. The molecule has 0 saturated heterocycles. The maximum atomic E-state index is 5.35. The number of anilines is 2. The van der Waals surface area contributed by atoms with Crippen LogP contribution in [0.15, 0.2) is 24.3 Å². The van der Waals surface area contributed by atoms with E-state index < -0.39 is 0 Å². The molecule has 25 heavy (non-hydrogen) atoms. The second-order valence-electron chi connectivity index (χ2n) is 5.73. The Kier molecular flexibility index (Phi) is 6.86. The van der Waals surface area contributed by atoms with Gasteiger partial charge in [-0.05, 0) is 44.9 Å². The molecule has 6 heteroatoms. The lowest BCUT2D eigenvalue weighted by molar-refractivity contribution is 0.354. The third-order valence-corrected chi connectivity index (χ3v) is 4.07. The number of nitrogens with zero attached hydrogens (tertiary/aromatic N) is 3. The van der Waals surface area contributed by atoms with Gasteiger partial charge in [-0.2, -0.15) is 4.98 Å². The Bertz CT molecular complexity index is 687. The standard InChI is InChI=1S/C19H28N4O2/c1-6-23(7-2)18-12-14(3)21-19(22-18)20-11-10-15-8-9-16(24-4)17(13-15)25-5/h8-9,12-13H,6-7,10-11H2,1-5H3,(H,20,21,22). The van der Waals surface area contributed by atoms with Crippen molar-refractivity contribution in [2.24, 2.45) is 0 Å². The van der Waals surface area contributed by atoms with E-state index in [0.717, 1.165) is 49.1 Å². The Morgan fingerprint density at radius 3 is 2.36 bits per heavy atom. The van der Waals surface area contributed by atoms with Crippen molar-refractivity contribution < 1.29 is 9.47 Å². The van der Waals surface area contributed by atoms with Crippen molar-refractivity contribution in [3.05, 3.63) is 35.5 Å². The minimum Gasteiger partial charge on any atom is -0.493 e. The molecular weight excluding hydrogens is 316 g/mol. The Balaban J connectivity index is 2.02. The molecule has 0 aliphatic heterocycles. The van der Waals surface area contributed by atoms with Crippen LogP contribution in [0.4, 0.5) is 11.8 Å². The van der Waals surface area contributed by atoms with E-state index in [1.807, 2.05) is 31.2 Å². The molecule has 0 spiro atoms. The van der Waals surface area contributed by atoms with Gasteiger partial charge in [0.1, 0.15) is 5.82 Å². The zero-order valence-electron chi connectivity index (χ0n) is 15.8. The number of ether oxygens (including phenoxy) is 2. The highest BCUT2D eigenvalue weighted by Crippen LogP contribution is 2.27. The average molecular weight is 344 g/mol. The van der Waals surface area contributed by atoms with Gasteiger partial charge in [-0.1, -0.05) is 6.07 Å². The summed E-state index contributed by atoms with van der Waals surface area (Å²) in [7, 11) is 3.29. The summed E-state index contributed by atoms with van der Waals surface area (Å²) >= 11 is 0. The Labute approximate surface area is 150 Å². The SMILES string of the molecule is CCN(CC)c1cc(C)nc(NCCc2ccc(OC)c(OC)c2)n1. The molecule has 0 atom stereocenters. The largest absolute Gasteiger partial charge is 0.493 e. The highest BCUT2D eigenvalue weighted by Gasteiger charge is 2.08. The Hall–Kier alpha value is -2.50. The van der Waals surface area contributed by atoms with Crippen LogP contribution in [0.2, 0.25) is 0 Å². The number of rotatable bonds is 9. The van der Waals surface area contributed by atoms with Gasteiger partial charge in [-0.15, -0.1) is 0 Å². The van der Waals surface area contributed by atoms with E-state index in [4.69, 9.17) is 9.47 Å². The summed E-state index contributed by atoms with van der Waals surface area (Å²) in [4.78, 5) is 11.3. The van der Waals surface area contributed by atoms with E-state index in [0.29, 0.717) is 5.95 Å². The van der Waals surface area contributed by atoms with Crippen LogP contribution in [0.25, 0.3) is 0 Å². The molecule has 1 aromatic carbocycles. The number of benzene rings is 1. The zero-order chi connectivity index (χ0) is 18.2. The van der Waals surface area contributed by atoms with Crippen molar-refractivity contribution in [2.75, 3.05) is 44.1 Å². The van der Waals surface area contributed by atoms with Crippen molar-refractivity contribution in [2.45, 2.75) is 27.2 Å². The summed E-state index contributed by atoms with van der Waals surface area (Å²) in [5, 5.41) is 3.32. The van der Waals surface area contributed by atoms with Crippen molar-refractivity contribution in [3.8, 4) is 11.5 Å². The molecule has 0 amide bonds. The van der Waals surface area contributed by atoms with Gasteiger partial charge in [0.05, 0.1) is 14.2 Å². The highest BCUT2D eigenvalue weighted by atomic mass is 16.5. The van der Waals surface area contributed by atoms with Crippen molar-refractivity contribution in [1.29, 1.82) is 0 Å². The van der Waals surface area contributed by atoms with Crippen LogP contribution >= 0.6 is 0 Å². The molecule has 1 heterocycles. The van der Waals surface area contributed by atoms with Crippen LogP contribution < -0.4 is 19.7 Å². The monoisotopic (exact) mass is 344 g/mol. The fourth-order valence-electron chi connectivity index (χ4n) is 2.70. The van der Waals surface area contributed by atoms with Crippen LogP contribution in [0.1, 0.15) is 25.1 Å². The summed E-state index contributed by atoms with van der Waals surface area (Å²) in [6.45, 7) is 8.86. The molecule has 0 fully saturated rings. The second kappa shape index (κ2) is 9.11. The lowest BCUT2D eigenvalue weighted by Crippen LogP contribution is -2.24. The summed E-state index contributed by atoms with van der Waals surface area (Å²) in [5.41, 5.74) is 2.13. The lowest BCUT2D eigenvalue weighted by atomic mass is 10.1. The number of hydrogen-bond donors (Lipinski definition) is 1. The van der Waals surface area contributed by atoms with Gasteiger partial charge in [0.2, 0.25) is 5.95 Å². The number of aromatic nitrogens is 2. The number of nitrogens with one attached hydrogen (secondary N) is 1. The predicted molar refractivity (Wildman–Crippen MR) is 102 cm³/mol. The van der Waals surface area contributed by atoms with Gasteiger partial charge in [0.25, 0.3) is 0 Å². The summed E-state index contributed by atoms with van der Waals surface area (Å²) in [6.07, 6.45) is 0.845. The molecule has 136 valence electrons. The molecule has 6 nitrogen and oxygen atoms in total. The van der Waals surface area contributed by atoms with Gasteiger partial charge < -0.3 is 19.7 Å². The van der Waals surface area contributed by atoms with Gasteiger partial charge in [-0.25, -0.2) is 4.98 Å². The Morgan fingerprint density at radius 1 is 1.00 bits per heavy atom. The minimum absolute atomic E-state index is 0.669. The first-order chi connectivity index (χ1) is 12.1. The van der Waals surface area contributed by atoms with Gasteiger partial charge >= 0.3 is 0 Å². The zero-order valence-corrected chi connectivity index (χ0v) is 15.8. The van der Waals surface area contributed by atoms with Crippen LogP contribution in [-0.4, -0.2) is 43.8 Å². The van der Waals surface area contributed by atoms with E-state index in [9.17, 15) is 0 Å². The fourth-order valence-corrected chi connectivity index (χ4v) is 2.70. The topological polar surface area (TPSA) is 59.5 Å². The minimum atomic E-state index is 0.669. The summed E-state index contributed by atoms with van der Waals surface area (Å²) < 4.78 is 10.6. The van der Waals surface area contributed by atoms with Crippen LogP contribution in [0.5, 0.6) is 11.5 Å². The van der Waals surface area contributed by atoms with Crippen molar-refractivity contribution >= 4 is 11.8 Å². The lowest BCUT2D eigenvalue weighted by Gasteiger charge is -2.20. The van der Waals surface area contributed by atoms with E-state index in [1.54, 1.807) is 14.2 Å². The molecule has 0 aliphatic carbocycles. The van der Waals surface area contributed by atoms with Crippen LogP contribution in [-0.2, 0) is 6.42 Å². The first-order valence-electron chi connectivity index (χ1n) is 8.66. The highest BCUT2D eigenvalue weighted by molar-refractivity contribution is 5.45. The first kappa shape index (κ1) is 18.8. The van der Waals surface area contributed by atoms with Crippen molar-refractivity contribution in [1.82, 2.24) is 9.97 Å². The molecule has 2 rings (SSSR count). The quantitative estimate of drug-likeness (QED) is 0.753. The third kappa shape index (κ3) is 4.98. The Morgan fingerprint density at radius 2 is 1.72 bits per heavy atom.